The lowest BCUT2D eigenvalue weighted by Gasteiger charge is -2.21. The first-order valence-corrected chi connectivity index (χ1v) is 8.44. The van der Waals surface area contributed by atoms with E-state index in [1.54, 1.807) is 0 Å². The fourth-order valence-electron chi connectivity index (χ4n) is 3.13. The zero-order valence-electron chi connectivity index (χ0n) is 13.5. The molecule has 2 saturated heterocycles. The number of epoxide rings is 1. The van der Waals surface area contributed by atoms with Crippen molar-refractivity contribution in [1.82, 2.24) is 0 Å². The molecule has 2 aliphatic heterocycles. The van der Waals surface area contributed by atoms with Gasteiger partial charge in [-0.25, -0.2) is 0 Å². The maximum Gasteiger partial charge on any atom is 0.185 e. The van der Waals surface area contributed by atoms with Gasteiger partial charge >= 0.3 is 0 Å². The first-order valence-electron chi connectivity index (χ1n) is 8.44. The molecule has 4 heteroatoms. The minimum absolute atomic E-state index is 0.0493. The summed E-state index contributed by atoms with van der Waals surface area (Å²) >= 11 is 0. The first-order chi connectivity index (χ1) is 11.9. The highest BCUT2D eigenvalue weighted by atomic mass is 16.8. The largest absolute Gasteiger partial charge is 0.376 e. The molecule has 2 aromatic rings. The Kier molecular flexibility index (Phi) is 4.90. The average Bonchev–Trinajstić information content (AvgIpc) is 3.31. The molecule has 24 heavy (non-hydrogen) atoms. The molecule has 0 aromatic heterocycles. The normalized spacial score (nSPS) is 27.8. The molecule has 4 atom stereocenters. The maximum absolute atomic E-state index is 5.88. The van der Waals surface area contributed by atoms with Gasteiger partial charge in [0.15, 0.2) is 6.29 Å². The SMILES string of the molecule is c1ccc(COC[C@H]2[C@H]3O[C@H]3O[C@@H]2COCc2ccccc2)cc1. The third-order valence-corrected chi connectivity index (χ3v) is 4.51. The van der Waals surface area contributed by atoms with Crippen molar-refractivity contribution in [2.24, 2.45) is 5.92 Å². The van der Waals surface area contributed by atoms with Gasteiger partial charge in [0.1, 0.15) is 6.10 Å². The Morgan fingerprint density at radius 2 is 1.29 bits per heavy atom. The molecule has 4 nitrogen and oxygen atoms in total. The van der Waals surface area contributed by atoms with Gasteiger partial charge in [-0.2, -0.15) is 0 Å². The lowest BCUT2D eigenvalue weighted by molar-refractivity contribution is -0.0925. The minimum atomic E-state index is -0.0550. The van der Waals surface area contributed by atoms with Crippen LogP contribution >= 0.6 is 0 Å². The van der Waals surface area contributed by atoms with Gasteiger partial charge in [-0.05, 0) is 11.1 Å². The Morgan fingerprint density at radius 1 is 0.708 bits per heavy atom. The van der Waals surface area contributed by atoms with Crippen molar-refractivity contribution >= 4 is 0 Å². The van der Waals surface area contributed by atoms with E-state index in [0.29, 0.717) is 26.4 Å². The van der Waals surface area contributed by atoms with Gasteiger partial charge in [0.2, 0.25) is 0 Å². The number of rotatable bonds is 8. The highest BCUT2D eigenvalue weighted by Gasteiger charge is 2.57. The molecule has 0 bridgehead atoms. The average molecular weight is 326 g/mol. The van der Waals surface area contributed by atoms with Gasteiger partial charge in [-0.15, -0.1) is 0 Å². The van der Waals surface area contributed by atoms with E-state index in [-0.39, 0.29) is 24.4 Å². The summed E-state index contributed by atoms with van der Waals surface area (Å²) in [5.74, 6) is 0.245. The molecule has 2 aliphatic rings. The van der Waals surface area contributed by atoms with E-state index < -0.39 is 0 Å². The molecule has 0 spiro atoms. The highest BCUT2D eigenvalue weighted by Crippen LogP contribution is 2.42. The molecule has 0 amide bonds. The third-order valence-electron chi connectivity index (χ3n) is 4.51. The van der Waals surface area contributed by atoms with Crippen LogP contribution in [0.3, 0.4) is 0 Å². The molecule has 2 aromatic carbocycles. The monoisotopic (exact) mass is 326 g/mol. The van der Waals surface area contributed by atoms with Crippen molar-refractivity contribution in [2.75, 3.05) is 13.2 Å². The van der Waals surface area contributed by atoms with E-state index in [0.717, 1.165) is 0 Å². The van der Waals surface area contributed by atoms with E-state index >= 15 is 0 Å². The molecule has 0 radical (unpaired) electrons. The van der Waals surface area contributed by atoms with Crippen molar-refractivity contribution in [3.05, 3.63) is 71.8 Å². The zero-order valence-corrected chi connectivity index (χ0v) is 13.5. The van der Waals surface area contributed by atoms with Crippen LogP contribution in [-0.4, -0.2) is 31.7 Å². The van der Waals surface area contributed by atoms with Gasteiger partial charge in [0.05, 0.1) is 32.5 Å². The van der Waals surface area contributed by atoms with Crippen molar-refractivity contribution < 1.29 is 18.9 Å². The topological polar surface area (TPSA) is 40.2 Å². The summed E-state index contributed by atoms with van der Waals surface area (Å²) in [6.45, 7) is 2.43. The number of hydrogen-bond acceptors (Lipinski definition) is 4. The minimum Gasteiger partial charge on any atom is -0.376 e. The van der Waals surface area contributed by atoms with Gasteiger partial charge < -0.3 is 18.9 Å². The first kappa shape index (κ1) is 15.8. The summed E-state index contributed by atoms with van der Waals surface area (Å²) in [5.41, 5.74) is 2.36. The van der Waals surface area contributed by atoms with Crippen molar-refractivity contribution in [1.29, 1.82) is 0 Å². The Hall–Kier alpha value is -1.72. The molecule has 0 N–H and O–H groups in total. The second kappa shape index (κ2) is 7.45. The summed E-state index contributed by atoms with van der Waals surface area (Å²) in [7, 11) is 0. The van der Waals surface area contributed by atoms with Gasteiger partial charge in [0, 0.05) is 5.92 Å². The Bertz CT molecular complexity index is 631. The van der Waals surface area contributed by atoms with E-state index in [9.17, 15) is 0 Å². The van der Waals surface area contributed by atoms with Gasteiger partial charge in [-0.1, -0.05) is 60.7 Å². The molecule has 0 aliphatic carbocycles. The summed E-state index contributed by atoms with van der Waals surface area (Å²) in [4.78, 5) is 0. The van der Waals surface area contributed by atoms with Crippen LogP contribution in [0.2, 0.25) is 0 Å². The summed E-state index contributed by atoms with van der Waals surface area (Å²) in [5, 5.41) is 0. The van der Waals surface area contributed by atoms with Crippen molar-refractivity contribution in [2.45, 2.75) is 31.7 Å². The van der Waals surface area contributed by atoms with Gasteiger partial charge in [0.25, 0.3) is 0 Å². The van der Waals surface area contributed by atoms with E-state index in [2.05, 4.69) is 24.3 Å². The van der Waals surface area contributed by atoms with Crippen LogP contribution in [0.5, 0.6) is 0 Å². The van der Waals surface area contributed by atoms with Crippen molar-refractivity contribution in [3.8, 4) is 0 Å². The van der Waals surface area contributed by atoms with Crippen LogP contribution in [0.25, 0.3) is 0 Å². The third kappa shape index (κ3) is 3.84. The van der Waals surface area contributed by atoms with Crippen LogP contribution in [-0.2, 0) is 32.2 Å². The molecular formula is C20H22O4. The summed E-state index contributed by atoms with van der Waals surface area (Å²) < 4.78 is 23.1. The van der Waals surface area contributed by atoms with Crippen LogP contribution in [0.1, 0.15) is 11.1 Å². The van der Waals surface area contributed by atoms with Gasteiger partial charge in [-0.3, -0.25) is 0 Å². The number of ether oxygens (including phenoxy) is 4. The molecule has 2 fully saturated rings. The second-order valence-electron chi connectivity index (χ2n) is 6.31. The van der Waals surface area contributed by atoms with Crippen LogP contribution in [0, 0.1) is 5.92 Å². The van der Waals surface area contributed by atoms with Crippen LogP contribution in [0.15, 0.2) is 60.7 Å². The quantitative estimate of drug-likeness (QED) is 0.699. The fraction of sp³-hybridized carbons (Fsp3) is 0.400. The molecule has 4 rings (SSSR count). The molecule has 0 saturated carbocycles. The summed E-state index contributed by atoms with van der Waals surface area (Å²) in [6, 6.07) is 20.4. The van der Waals surface area contributed by atoms with Crippen LogP contribution < -0.4 is 0 Å². The Labute approximate surface area is 142 Å². The molecule has 2 heterocycles. The lowest BCUT2D eigenvalue weighted by atomic mass is 10.0. The summed E-state index contributed by atoms with van der Waals surface area (Å²) in [6.07, 6.45) is 0.167. The number of hydrogen-bond donors (Lipinski definition) is 0. The van der Waals surface area contributed by atoms with E-state index in [4.69, 9.17) is 18.9 Å². The lowest BCUT2D eigenvalue weighted by Crippen LogP contribution is -2.30. The predicted molar refractivity (Wildman–Crippen MR) is 89.2 cm³/mol. The maximum atomic E-state index is 5.88. The zero-order chi connectivity index (χ0) is 16.2. The number of fused-ring (bicyclic) bond motifs is 1. The van der Waals surface area contributed by atoms with E-state index in [1.807, 2.05) is 36.4 Å². The Morgan fingerprint density at radius 3 is 1.92 bits per heavy atom. The molecule has 126 valence electrons. The highest BCUT2D eigenvalue weighted by molar-refractivity contribution is 5.14. The number of benzene rings is 2. The Balaban J connectivity index is 1.23. The van der Waals surface area contributed by atoms with Crippen LogP contribution in [0.4, 0.5) is 0 Å². The second-order valence-corrected chi connectivity index (χ2v) is 6.31. The predicted octanol–water partition coefficient (Wildman–Crippen LogP) is 3.16. The van der Waals surface area contributed by atoms with E-state index in [1.165, 1.54) is 11.1 Å². The van der Waals surface area contributed by atoms with Crippen molar-refractivity contribution in [3.63, 3.8) is 0 Å². The molecular weight excluding hydrogens is 304 g/mol. The fourth-order valence-corrected chi connectivity index (χ4v) is 3.13. The smallest absolute Gasteiger partial charge is 0.185 e. The molecule has 0 unspecified atom stereocenters. The standard InChI is InChI=1S/C20H22O4/c1-3-7-15(8-4-1)11-21-13-17-18(23-20-19(17)24-20)14-22-12-16-9-5-2-6-10-16/h1-10,17-20H,11-14H2/t17-,18-,19-,20-/m1/s1.